The molecule has 2 rings (SSSR count). The highest BCUT2D eigenvalue weighted by Crippen LogP contribution is 2.20. The summed E-state index contributed by atoms with van der Waals surface area (Å²) in [5.41, 5.74) is 6.01. The third kappa shape index (κ3) is 4.83. The highest BCUT2D eigenvalue weighted by Gasteiger charge is 2.28. The van der Waals surface area contributed by atoms with Crippen molar-refractivity contribution < 1.29 is 14.3 Å². The van der Waals surface area contributed by atoms with Gasteiger partial charge in [0.2, 0.25) is 5.91 Å². The second kappa shape index (κ2) is 9.08. The van der Waals surface area contributed by atoms with Crippen molar-refractivity contribution in [3.63, 3.8) is 0 Å². The molecule has 3 N–H and O–H groups in total. The number of amides is 2. The second-order valence-electron chi connectivity index (χ2n) is 5.79. The summed E-state index contributed by atoms with van der Waals surface area (Å²) in [6.07, 6.45) is 3.30. The van der Waals surface area contributed by atoms with Crippen LogP contribution in [0.4, 0.5) is 0 Å². The van der Waals surface area contributed by atoms with Crippen LogP contribution in [-0.2, 0) is 4.79 Å². The number of benzene rings is 1. The zero-order chi connectivity index (χ0) is 17.4. The Morgan fingerprint density at radius 3 is 2.79 bits per heavy atom. The van der Waals surface area contributed by atoms with Crippen LogP contribution in [0.2, 0.25) is 0 Å². The van der Waals surface area contributed by atoms with Crippen LogP contribution in [0.1, 0.15) is 23.2 Å². The van der Waals surface area contributed by atoms with E-state index in [0.29, 0.717) is 44.1 Å². The maximum absolute atomic E-state index is 12.6. The molecule has 0 bridgehead atoms. The molecule has 0 radical (unpaired) electrons. The molecule has 1 aliphatic heterocycles. The highest BCUT2D eigenvalue weighted by molar-refractivity contribution is 5.94. The molecule has 1 unspecified atom stereocenters. The fraction of sp³-hybridized carbons (Fsp3) is 0.444. The van der Waals surface area contributed by atoms with Crippen molar-refractivity contribution in [1.29, 1.82) is 0 Å². The molecule has 0 aliphatic carbocycles. The third-order valence-corrected chi connectivity index (χ3v) is 3.99. The maximum atomic E-state index is 12.6. The minimum atomic E-state index is -0.163. The van der Waals surface area contributed by atoms with E-state index in [2.05, 4.69) is 11.9 Å². The lowest BCUT2D eigenvalue weighted by atomic mass is 9.96. The number of likely N-dealkylation sites (tertiary alicyclic amines) is 1. The van der Waals surface area contributed by atoms with E-state index in [4.69, 9.17) is 10.5 Å². The first-order valence-electron chi connectivity index (χ1n) is 8.26. The molecule has 1 atom stereocenters. The van der Waals surface area contributed by atoms with Gasteiger partial charge < -0.3 is 20.7 Å². The Morgan fingerprint density at radius 2 is 2.12 bits per heavy atom. The Morgan fingerprint density at radius 1 is 1.38 bits per heavy atom. The Kier molecular flexibility index (Phi) is 6.81. The predicted molar refractivity (Wildman–Crippen MR) is 92.8 cm³/mol. The Labute approximate surface area is 142 Å². The first-order valence-corrected chi connectivity index (χ1v) is 8.26. The molecule has 24 heavy (non-hydrogen) atoms. The van der Waals surface area contributed by atoms with Crippen molar-refractivity contribution in [2.24, 2.45) is 11.7 Å². The van der Waals surface area contributed by atoms with Crippen molar-refractivity contribution in [3.05, 3.63) is 42.5 Å². The van der Waals surface area contributed by atoms with Crippen molar-refractivity contribution in [2.45, 2.75) is 12.8 Å². The molecule has 2 amide bonds. The lowest BCUT2D eigenvalue weighted by Crippen LogP contribution is -2.46. The summed E-state index contributed by atoms with van der Waals surface area (Å²) in [7, 11) is 0. The molecular formula is C18H25N3O3. The summed E-state index contributed by atoms with van der Waals surface area (Å²) in [5, 5.41) is 2.80. The van der Waals surface area contributed by atoms with E-state index < -0.39 is 0 Å². The lowest BCUT2D eigenvalue weighted by Gasteiger charge is -2.32. The second-order valence-corrected chi connectivity index (χ2v) is 5.79. The van der Waals surface area contributed by atoms with Gasteiger partial charge in [-0.3, -0.25) is 9.59 Å². The molecule has 0 spiro atoms. The van der Waals surface area contributed by atoms with Crippen LogP contribution in [0.5, 0.6) is 5.75 Å². The Bertz CT molecular complexity index is 571. The van der Waals surface area contributed by atoms with Gasteiger partial charge in [0.15, 0.2) is 0 Å². The molecular weight excluding hydrogens is 306 g/mol. The number of nitrogens with zero attached hydrogens (tertiary/aromatic N) is 1. The number of rotatable bonds is 7. The predicted octanol–water partition coefficient (Wildman–Crippen LogP) is 1.18. The molecule has 1 fully saturated rings. The third-order valence-electron chi connectivity index (χ3n) is 3.99. The van der Waals surface area contributed by atoms with E-state index in [-0.39, 0.29) is 17.7 Å². The first kappa shape index (κ1) is 18.0. The van der Waals surface area contributed by atoms with Crippen molar-refractivity contribution in [2.75, 3.05) is 32.8 Å². The number of nitrogens with one attached hydrogen (secondary N) is 1. The summed E-state index contributed by atoms with van der Waals surface area (Å²) < 4.78 is 5.42. The van der Waals surface area contributed by atoms with Gasteiger partial charge in [-0.2, -0.15) is 0 Å². The van der Waals surface area contributed by atoms with Crippen LogP contribution in [0.25, 0.3) is 0 Å². The van der Waals surface area contributed by atoms with Crippen LogP contribution in [0, 0.1) is 5.92 Å². The number of ether oxygens (including phenoxy) is 1. The Balaban J connectivity index is 1.95. The van der Waals surface area contributed by atoms with Crippen LogP contribution in [0.15, 0.2) is 36.9 Å². The van der Waals surface area contributed by atoms with Crippen molar-refractivity contribution >= 4 is 11.8 Å². The average molecular weight is 331 g/mol. The van der Waals surface area contributed by atoms with E-state index in [1.165, 1.54) is 0 Å². The number of carbonyl (C=O) groups is 2. The number of carbonyl (C=O) groups excluding carboxylic acids is 2. The molecule has 6 heteroatoms. The zero-order valence-corrected chi connectivity index (χ0v) is 13.9. The minimum absolute atomic E-state index is 0.0221. The first-order chi connectivity index (χ1) is 11.7. The normalized spacial score (nSPS) is 17.2. The monoisotopic (exact) mass is 331 g/mol. The van der Waals surface area contributed by atoms with Crippen molar-refractivity contribution in [1.82, 2.24) is 10.2 Å². The molecule has 130 valence electrons. The van der Waals surface area contributed by atoms with E-state index >= 15 is 0 Å². The highest BCUT2D eigenvalue weighted by atomic mass is 16.5. The topological polar surface area (TPSA) is 84.7 Å². The fourth-order valence-corrected chi connectivity index (χ4v) is 2.75. The Hall–Kier alpha value is -2.34. The standard InChI is InChI=1S/C18H25N3O3/c1-2-12-24-16-7-5-14(6-8-16)18(23)21-11-3-4-15(13-21)17(22)20-10-9-19/h2,5-8,15H,1,3-4,9-13,19H2,(H,20,22). The summed E-state index contributed by atoms with van der Waals surface area (Å²) in [6.45, 7) is 6.04. The summed E-state index contributed by atoms with van der Waals surface area (Å²) in [6, 6.07) is 7.04. The molecule has 1 aliphatic rings. The van der Waals surface area contributed by atoms with Gasteiger partial charge in [0.25, 0.3) is 5.91 Å². The van der Waals surface area contributed by atoms with E-state index in [1.54, 1.807) is 35.2 Å². The van der Waals surface area contributed by atoms with Crippen LogP contribution in [0.3, 0.4) is 0 Å². The van der Waals surface area contributed by atoms with Gasteiger partial charge in [0.05, 0.1) is 5.92 Å². The summed E-state index contributed by atoms with van der Waals surface area (Å²) in [5.74, 6) is 0.460. The molecule has 0 saturated carbocycles. The largest absolute Gasteiger partial charge is 0.490 e. The number of hydrogen-bond acceptors (Lipinski definition) is 4. The molecule has 1 aromatic rings. The molecule has 0 aromatic heterocycles. The van der Waals surface area contributed by atoms with E-state index in [1.807, 2.05) is 0 Å². The van der Waals surface area contributed by atoms with Crippen LogP contribution in [-0.4, -0.2) is 49.5 Å². The zero-order valence-electron chi connectivity index (χ0n) is 13.9. The van der Waals surface area contributed by atoms with Crippen molar-refractivity contribution in [3.8, 4) is 5.75 Å². The van der Waals surface area contributed by atoms with Gasteiger partial charge in [-0.25, -0.2) is 0 Å². The van der Waals surface area contributed by atoms with Gasteiger partial charge in [-0.1, -0.05) is 12.7 Å². The van der Waals surface area contributed by atoms with E-state index in [0.717, 1.165) is 12.8 Å². The van der Waals surface area contributed by atoms with Gasteiger partial charge >= 0.3 is 0 Å². The van der Waals surface area contributed by atoms with Gasteiger partial charge in [-0.05, 0) is 37.1 Å². The quantitative estimate of drug-likeness (QED) is 0.735. The maximum Gasteiger partial charge on any atom is 0.253 e. The number of hydrogen-bond donors (Lipinski definition) is 2. The minimum Gasteiger partial charge on any atom is -0.490 e. The number of piperidine rings is 1. The fourth-order valence-electron chi connectivity index (χ4n) is 2.75. The lowest BCUT2D eigenvalue weighted by molar-refractivity contribution is -0.126. The molecule has 1 heterocycles. The SMILES string of the molecule is C=CCOc1ccc(C(=O)N2CCCC(C(=O)NCCN)C2)cc1. The number of nitrogens with two attached hydrogens (primary N) is 1. The average Bonchev–Trinajstić information content (AvgIpc) is 2.64. The van der Waals surface area contributed by atoms with Gasteiger partial charge in [-0.15, -0.1) is 0 Å². The summed E-state index contributed by atoms with van der Waals surface area (Å²) in [4.78, 5) is 26.4. The van der Waals surface area contributed by atoms with Crippen LogP contribution < -0.4 is 15.8 Å². The summed E-state index contributed by atoms with van der Waals surface area (Å²) >= 11 is 0. The smallest absolute Gasteiger partial charge is 0.253 e. The molecule has 1 aromatic carbocycles. The van der Waals surface area contributed by atoms with Gasteiger partial charge in [0.1, 0.15) is 12.4 Å². The van der Waals surface area contributed by atoms with E-state index in [9.17, 15) is 9.59 Å². The van der Waals surface area contributed by atoms with Crippen LogP contribution >= 0.6 is 0 Å². The van der Waals surface area contributed by atoms with Gasteiger partial charge in [0, 0.05) is 31.7 Å². The molecule has 1 saturated heterocycles. The molecule has 6 nitrogen and oxygen atoms in total.